The average molecular weight is 191 g/mol. The molecule has 0 spiro atoms. The minimum atomic E-state index is -1.52. The number of nitriles is 1. The maximum Gasteiger partial charge on any atom is 0.260 e. The fraction of sp³-hybridized carbons (Fsp3) is 0.333. The maximum atomic E-state index is 10.9. The molecule has 1 heterocycles. The van der Waals surface area contributed by atoms with Crippen molar-refractivity contribution in [3.63, 3.8) is 0 Å². The second-order valence-corrected chi connectivity index (χ2v) is 3.29. The van der Waals surface area contributed by atoms with Crippen molar-refractivity contribution in [2.75, 3.05) is 0 Å². The normalized spacial score (nSPS) is 30.3. The van der Waals surface area contributed by atoms with E-state index in [4.69, 9.17) is 28.5 Å². The van der Waals surface area contributed by atoms with E-state index >= 15 is 0 Å². The number of allylic oxidation sites excluding steroid dienone is 1. The Morgan fingerprint density at radius 3 is 2.91 bits per heavy atom. The first kappa shape index (κ1) is 8.38. The highest BCUT2D eigenvalue weighted by molar-refractivity contribution is 6.40. The van der Waals surface area contributed by atoms with Crippen molar-refractivity contribution >= 4 is 29.1 Å². The van der Waals surface area contributed by atoms with Gasteiger partial charge in [-0.05, 0) is 0 Å². The Morgan fingerprint density at radius 1 is 1.82 bits per heavy atom. The lowest BCUT2D eigenvalue weighted by Crippen LogP contribution is -2.42. The first-order valence-corrected chi connectivity index (χ1v) is 3.60. The molecule has 0 saturated heterocycles. The summed E-state index contributed by atoms with van der Waals surface area (Å²) in [5.41, 5.74) is 0. The highest BCUT2D eigenvalue weighted by Gasteiger charge is 2.39. The highest BCUT2D eigenvalue weighted by atomic mass is 35.5. The zero-order valence-electron chi connectivity index (χ0n) is 5.40. The molecule has 1 aliphatic rings. The Balaban J connectivity index is 2.94. The molecule has 0 aromatic heterocycles. The van der Waals surface area contributed by atoms with E-state index in [2.05, 4.69) is 5.32 Å². The van der Waals surface area contributed by atoms with Crippen LogP contribution in [0.2, 0.25) is 0 Å². The van der Waals surface area contributed by atoms with Crippen LogP contribution in [0.3, 0.4) is 0 Å². The molecule has 0 saturated carbocycles. The zero-order valence-corrected chi connectivity index (χ0v) is 6.91. The lowest BCUT2D eigenvalue weighted by molar-refractivity contribution is -0.121. The van der Waals surface area contributed by atoms with Gasteiger partial charge in [-0.1, -0.05) is 23.2 Å². The Labute approximate surface area is 73.6 Å². The number of alkyl halides is 1. The molecule has 1 unspecified atom stereocenters. The van der Waals surface area contributed by atoms with Crippen molar-refractivity contribution < 1.29 is 4.79 Å². The number of carbonyl (C=O) groups is 1. The van der Waals surface area contributed by atoms with Crippen molar-refractivity contribution in [3.05, 3.63) is 11.2 Å². The molecule has 1 rings (SSSR count). The Bertz CT molecular complexity index is 268. The van der Waals surface area contributed by atoms with E-state index in [1.54, 1.807) is 6.07 Å². The Kier molecular flexibility index (Phi) is 2.08. The lowest BCUT2D eigenvalue weighted by Gasteiger charge is -2.20. The van der Waals surface area contributed by atoms with Crippen LogP contribution in [0.5, 0.6) is 0 Å². The fourth-order valence-corrected chi connectivity index (χ4v) is 1.23. The van der Waals surface area contributed by atoms with E-state index in [0.717, 1.165) is 0 Å². The fourth-order valence-electron chi connectivity index (χ4n) is 0.713. The Hall–Kier alpha value is -0.720. The van der Waals surface area contributed by atoms with Gasteiger partial charge in [0.1, 0.15) is 0 Å². The third-order valence-electron chi connectivity index (χ3n) is 1.31. The van der Waals surface area contributed by atoms with Gasteiger partial charge < -0.3 is 5.32 Å². The molecule has 1 aliphatic heterocycles. The second kappa shape index (κ2) is 2.72. The lowest BCUT2D eigenvalue weighted by atomic mass is 10.0. The summed E-state index contributed by atoms with van der Waals surface area (Å²) in [6.07, 6.45) is 1.40. The molecule has 0 aromatic rings. The molecule has 0 fully saturated rings. The summed E-state index contributed by atoms with van der Waals surface area (Å²) < 4.78 is 0. The molecular formula is C6H4Cl2N2O. The smallest absolute Gasteiger partial charge is 0.260 e. The highest BCUT2D eigenvalue weighted by Crippen LogP contribution is 2.28. The van der Waals surface area contributed by atoms with E-state index < -0.39 is 10.8 Å². The zero-order chi connectivity index (χ0) is 8.48. The van der Waals surface area contributed by atoms with Gasteiger partial charge >= 0.3 is 0 Å². The number of nitrogens with one attached hydrogen (secondary N) is 1. The van der Waals surface area contributed by atoms with Crippen molar-refractivity contribution in [1.82, 2.24) is 5.32 Å². The molecule has 1 atom stereocenters. The summed E-state index contributed by atoms with van der Waals surface area (Å²) in [7, 11) is 0. The largest absolute Gasteiger partial charge is 0.329 e. The van der Waals surface area contributed by atoms with Crippen molar-refractivity contribution in [3.8, 4) is 6.07 Å². The van der Waals surface area contributed by atoms with Gasteiger partial charge in [-0.25, -0.2) is 0 Å². The molecule has 11 heavy (non-hydrogen) atoms. The predicted octanol–water partition coefficient (Wildman–Crippen LogP) is 1.09. The third-order valence-corrected chi connectivity index (χ3v) is 1.94. The van der Waals surface area contributed by atoms with Gasteiger partial charge in [0, 0.05) is 17.7 Å². The average Bonchev–Trinajstić information content (AvgIpc) is 1.98. The summed E-state index contributed by atoms with van der Waals surface area (Å²) in [5, 5.41) is 11.2. The molecule has 1 amide bonds. The van der Waals surface area contributed by atoms with Gasteiger partial charge in [0.05, 0.1) is 6.07 Å². The number of amides is 1. The molecule has 0 aliphatic carbocycles. The van der Waals surface area contributed by atoms with Crippen molar-refractivity contribution in [2.45, 2.75) is 11.3 Å². The van der Waals surface area contributed by atoms with Crippen LogP contribution in [0.25, 0.3) is 0 Å². The standard InChI is InChI=1S/C6H4Cl2N2O/c7-4-1-6(8,3-9)5(11)10-2-4/h2H,1H2,(H,10,11). The van der Waals surface area contributed by atoms with Crippen molar-refractivity contribution in [1.29, 1.82) is 5.26 Å². The van der Waals surface area contributed by atoms with E-state index in [1.165, 1.54) is 6.20 Å². The van der Waals surface area contributed by atoms with Crippen LogP contribution in [0.1, 0.15) is 6.42 Å². The van der Waals surface area contributed by atoms with Crippen LogP contribution < -0.4 is 5.32 Å². The van der Waals surface area contributed by atoms with Gasteiger partial charge in [-0.2, -0.15) is 5.26 Å². The van der Waals surface area contributed by atoms with Gasteiger partial charge in [0.15, 0.2) is 0 Å². The minimum Gasteiger partial charge on any atom is -0.329 e. The predicted molar refractivity (Wildman–Crippen MR) is 40.9 cm³/mol. The first-order chi connectivity index (χ1) is 5.08. The summed E-state index contributed by atoms with van der Waals surface area (Å²) in [5.74, 6) is -0.522. The molecule has 58 valence electrons. The number of hydrogen-bond acceptors (Lipinski definition) is 2. The van der Waals surface area contributed by atoms with Crippen LogP contribution in [-0.2, 0) is 4.79 Å². The topological polar surface area (TPSA) is 52.9 Å². The Morgan fingerprint density at radius 2 is 2.45 bits per heavy atom. The molecule has 0 radical (unpaired) electrons. The number of carbonyl (C=O) groups excluding carboxylic acids is 1. The van der Waals surface area contributed by atoms with Crippen LogP contribution in [0, 0.1) is 11.3 Å². The third kappa shape index (κ3) is 1.47. The monoisotopic (exact) mass is 190 g/mol. The number of hydrogen-bond donors (Lipinski definition) is 1. The van der Waals surface area contributed by atoms with Gasteiger partial charge in [-0.15, -0.1) is 0 Å². The van der Waals surface area contributed by atoms with Crippen molar-refractivity contribution in [2.24, 2.45) is 0 Å². The first-order valence-electron chi connectivity index (χ1n) is 2.84. The molecule has 1 N–H and O–H groups in total. The number of halogens is 2. The van der Waals surface area contributed by atoms with Crippen LogP contribution >= 0.6 is 23.2 Å². The molecule has 5 heteroatoms. The molecule has 0 bridgehead atoms. The van der Waals surface area contributed by atoms with Crippen LogP contribution in [-0.4, -0.2) is 10.8 Å². The van der Waals surface area contributed by atoms with Crippen LogP contribution in [0.4, 0.5) is 0 Å². The SMILES string of the molecule is N#CC1(Cl)CC(Cl)=CNC1=O. The van der Waals surface area contributed by atoms with E-state index in [-0.39, 0.29) is 6.42 Å². The molecule has 3 nitrogen and oxygen atoms in total. The number of nitrogens with zero attached hydrogens (tertiary/aromatic N) is 1. The maximum absolute atomic E-state index is 10.9. The van der Waals surface area contributed by atoms with Gasteiger partial charge in [0.2, 0.25) is 4.87 Å². The van der Waals surface area contributed by atoms with Gasteiger partial charge in [-0.3, -0.25) is 4.79 Å². The molecule has 0 aromatic carbocycles. The van der Waals surface area contributed by atoms with Gasteiger partial charge in [0.25, 0.3) is 5.91 Å². The summed E-state index contributed by atoms with van der Waals surface area (Å²) in [6, 6.07) is 1.69. The second-order valence-electron chi connectivity index (χ2n) is 2.15. The quantitative estimate of drug-likeness (QED) is 0.582. The summed E-state index contributed by atoms with van der Waals surface area (Å²) in [4.78, 5) is 9.40. The summed E-state index contributed by atoms with van der Waals surface area (Å²) in [6.45, 7) is 0. The van der Waals surface area contributed by atoms with Crippen LogP contribution in [0.15, 0.2) is 11.2 Å². The van der Waals surface area contributed by atoms with E-state index in [9.17, 15) is 4.79 Å². The minimum absolute atomic E-state index is 0.0679. The summed E-state index contributed by atoms with van der Waals surface area (Å²) >= 11 is 11.2. The number of rotatable bonds is 0. The van der Waals surface area contributed by atoms with E-state index in [1.807, 2.05) is 0 Å². The van der Waals surface area contributed by atoms with E-state index in [0.29, 0.717) is 5.03 Å². The molecular weight excluding hydrogens is 187 g/mol.